The van der Waals surface area contributed by atoms with Crippen molar-refractivity contribution in [2.75, 3.05) is 26.7 Å². The van der Waals surface area contributed by atoms with Gasteiger partial charge in [-0.25, -0.2) is 4.79 Å². The van der Waals surface area contributed by atoms with Crippen molar-refractivity contribution in [2.24, 2.45) is 5.92 Å². The molecule has 1 saturated carbocycles. The largest absolute Gasteiger partial charge is 0.454 e. The van der Waals surface area contributed by atoms with Crippen LogP contribution in [-0.4, -0.2) is 58.3 Å². The first-order chi connectivity index (χ1) is 15.5. The van der Waals surface area contributed by atoms with E-state index in [1.807, 2.05) is 36.5 Å². The van der Waals surface area contributed by atoms with Crippen LogP contribution >= 0.6 is 0 Å². The molecule has 0 bridgehead atoms. The Labute approximate surface area is 191 Å². The molecule has 1 N–H and O–H groups in total. The van der Waals surface area contributed by atoms with E-state index in [2.05, 4.69) is 17.0 Å². The average Bonchev–Trinajstić information content (AvgIpc) is 3.35. The van der Waals surface area contributed by atoms with Crippen molar-refractivity contribution in [3.8, 4) is 0 Å². The van der Waals surface area contributed by atoms with Crippen LogP contribution in [0.4, 0.5) is 0 Å². The number of benzene rings is 1. The summed E-state index contributed by atoms with van der Waals surface area (Å²) in [5.41, 5.74) is 0.127. The van der Waals surface area contributed by atoms with Gasteiger partial charge in [0.1, 0.15) is 6.54 Å². The Bertz CT molecular complexity index is 872. The second kappa shape index (κ2) is 10.1. The summed E-state index contributed by atoms with van der Waals surface area (Å²) in [5, 5.41) is 11.7. The Morgan fingerprint density at radius 1 is 1.16 bits per heavy atom. The van der Waals surface area contributed by atoms with E-state index >= 15 is 0 Å². The van der Waals surface area contributed by atoms with Crippen LogP contribution in [0.5, 0.6) is 0 Å². The Morgan fingerprint density at radius 2 is 1.94 bits per heavy atom. The van der Waals surface area contributed by atoms with E-state index in [0.717, 1.165) is 81.2 Å². The number of rotatable bonds is 8. The van der Waals surface area contributed by atoms with Crippen molar-refractivity contribution in [3.63, 3.8) is 0 Å². The SMILES string of the molecule is C[N+]1(CCCc2cnccn2)CCC[C@@H](OC(=O)C(O)(c2ccccc2)C2CCCC2)C1. The van der Waals surface area contributed by atoms with Crippen molar-refractivity contribution >= 4 is 5.97 Å². The van der Waals surface area contributed by atoms with Crippen LogP contribution in [0.2, 0.25) is 0 Å². The Kier molecular flexibility index (Phi) is 7.21. The zero-order valence-electron chi connectivity index (χ0n) is 19.2. The van der Waals surface area contributed by atoms with E-state index < -0.39 is 11.6 Å². The molecule has 172 valence electrons. The lowest BCUT2D eigenvalue weighted by Crippen LogP contribution is -2.55. The van der Waals surface area contributed by atoms with Gasteiger partial charge >= 0.3 is 5.97 Å². The summed E-state index contributed by atoms with van der Waals surface area (Å²) in [6.07, 6.45) is 12.7. The maximum Gasteiger partial charge on any atom is 0.343 e. The highest BCUT2D eigenvalue weighted by Gasteiger charge is 2.49. The molecular weight excluding hydrogens is 402 g/mol. The first-order valence-corrected chi connectivity index (χ1v) is 12.1. The molecular formula is C26H36N3O3+. The molecule has 1 aliphatic heterocycles. The van der Waals surface area contributed by atoms with Gasteiger partial charge in [0.25, 0.3) is 0 Å². The molecule has 0 amide bonds. The first kappa shape index (κ1) is 22.9. The van der Waals surface area contributed by atoms with Gasteiger partial charge in [0.05, 0.1) is 25.8 Å². The number of carbonyl (C=O) groups is 1. The molecule has 1 aliphatic carbocycles. The van der Waals surface area contributed by atoms with Crippen LogP contribution in [0.1, 0.15) is 56.2 Å². The second-order valence-corrected chi connectivity index (χ2v) is 9.83. The molecule has 3 atom stereocenters. The van der Waals surface area contributed by atoms with Crippen LogP contribution in [0.15, 0.2) is 48.9 Å². The van der Waals surface area contributed by atoms with Crippen molar-refractivity contribution < 1.29 is 19.1 Å². The average molecular weight is 439 g/mol. The van der Waals surface area contributed by atoms with Crippen LogP contribution in [0.3, 0.4) is 0 Å². The molecule has 1 aromatic carbocycles. The number of nitrogens with zero attached hydrogens (tertiary/aromatic N) is 3. The second-order valence-electron chi connectivity index (χ2n) is 9.83. The number of aryl methyl sites for hydroxylation is 1. The molecule has 1 aromatic heterocycles. The monoisotopic (exact) mass is 438 g/mol. The van der Waals surface area contributed by atoms with Crippen molar-refractivity contribution in [1.82, 2.24) is 9.97 Å². The van der Waals surface area contributed by atoms with Gasteiger partial charge in [-0.15, -0.1) is 0 Å². The van der Waals surface area contributed by atoms with Gasteiger partial charge in [-0.1, -0.05) is 43.2 Å². The fourth-order valence-electron chi connectivity index (χ4n) is 5.57. The van der Waals surface area contributed by atoms with Crippen molar-refractivity contribution in [2.45, 2.75) is 63.1 Å². The van der Waals surface area contributed by atoms with E-state index in [1.165, 1.54) is 0 Å². The van der Waals surface area contributed by atoms with E-state index in [9.17, 15) is 9.90 Å². The highest BCUT2D eigenvalue weighted by atomic mass is 16.6. The minimum absolute atomic E-state index is 0.0751. The van der Waals surface area contributed by atoms with Gasteiger partial charge in [-0.2, -0.15) is 0 Å². The number of quaternary nitrogens is 1. The van der Waals surface area contributed by atoms with Gasteiger partial charge in [0.15, 0.2) is 11.7 Å². The fraction of sp³-hybridized carbons (Fsp3) is 0.577. The summed E-state index contributed by atoms with van der Waals surface area (Å²) in [6.45, 7) is 2.89. The Morgan fingerprint density at radius 3 is 2.66 bits per heavy atom. The number of carbonyl (C=O) groups excluding carboxylic acids is 1. The predicted molar refractivity (Wildman–Crippen MR) is 123 cm³/mol. The first-order valence-electron chi connectivity index (χ1n) is 12.1. The van der Waals surface area contributed by atoms with Crippen LogP contribution in [-0.2, 0) is 21.6 Å². The molecule has 32 heavy (non-hydrogen) atoms. The lowest BCUT2D eigenvalue weighted by Gasteiger charge is -2.42. The maximum absolute atomic E-state index is 13.4. The molecule has 2 heterocycles. The van der Waals surface area contributed by atoms with Gasteiger partial charge in [-0.05, 0) is 31.2 Å². The van der Waals surface area contributed by atoms with Crippen molar-refractivity contribution in [3.05, 3.63) is 60.2 Å². The highest BCUT2D eigenvalue weighted by Crippen LogP contribution is 2.42. The number of likely N-dealkylation sites (N-methyl/N-ethyl adjacent to an activating group) is 1. The molecule has 1 saturated heterocycles. The minimum atomic E-state index is -1.55. The number of aliphatic hydroxyl groups is 1. The number of likely N-dealkylation sites (tertiary alicyclic amines) is 1. The third-order valence-corrected chi connectivity index (χ3v) is 7.36. The fourth-order valence-corrected chi connectivity index (χ4v) is 5.57. The van der Waals surface area contributed by atoms with E-state index in [0.29, 0.717) is 5.56 Å². The Hall–Kier alpha value is -2.31. The van der Waals surface area contributed by atoms with Crippen molar-refractivity contribution in [1.29, 1.82) is 0 Å². The van der Waals surface area contributed by atoms with E-state index in [4.69, 9.17) is 4.74 Å². The summed E-state index contributed by atoms with van der Waals surface area (Å²) in [5.74, 6) is -0.539. The number of hydrogen-bond donors (Lipinski definition) is 1. The third-order valence-electron chi connectivity index (χ3n) is 7.36. The van der Waals surface area contributed by atoms with Gasteiger partial charge < -0.3 is 14.3 Å². The maximum atomic E-state index is 13.4. The molecule has 0 spiro atoms. The van der Waals surface area contributed by atoms with Gasteiger partial charge in [0, 0.05) is 37.4 Å². The molecule has 6 heteroatoms. The zero-order valence-corrected chi connectivity index (χ0v) is 19.2. The predicted octanol–water partition coefficient (Wildman–Crippen LogP) is 3.64. The van der Waals surface area contributed by atoms with Crippen LogP contribution in [0.25, 0.3) is 0 Å². The zero-order chi connectivity index (χ0) is 22.4. The number of ether oxygens (including phenoxy) is 1. The quantitative estimate of drug-likeness (QED) is 0.503. The summed E-state index contributed by atoms with van der Waals surface area (Å²) in [7, 11) is 2.25. The summed E-state index contributed by atoms with van der Waals surface area (Å²) >= 11 is 0. The molecule has 2 fully saturated rings. The molecule has 6 nitrogen and oxygen atoms in total. The summed E-state index contributed by atoms with van der Waals surface area (Å²) in [6, 6.07) is 9.39. The van der Waals surface area contributed by atoms with E-state index in [-0.39, 0.29) is 12.0 Å². The van der Waals surface area contributed by atoms with E-state index in [1.54, 1.807) is 12.4 Å². The number of hydrogen-bond acceptors (Lipinski definition) is 5. The molecule has 2 aliphatic rings. The number of piperidine rings is 1. The third kappa shape index (κ3) is 5.18. The molecule has 2 unspecified atom stereocenters. The molecule has 4 rings (SSSR count). The van der Waals surface area contributed by atoms with Gasteiger partial charge in [0.2, 0.25) is 0 Å². The summed E-state index contributed by atoms with van der Waals surface area (Å²) < 4.78 is 6.94. The summed E-state index contributed by atoms with van der Waals surface area (Å²) in [4.78, 5) is 21.9. The lowest BCUT2D eigenvalue weighted by molar-refractivity contribution is -0.917. The Balaban J connectivity index is 1.40. The smallest absolute Gasteiger partial charge is 0.343 e. The highest BCUT2D eigenvalue weighted by molar-refractivity contribution is 5.81. The van der Waals surface area contributed by atoms with Crippen LogP contribution < -0.4 is 0 Å². The molecule has 0 radical (unpaired) electrons. The standard InChI is InChI=1S/C26H36N3O3/c1-29(17-7-13-23-19-27-15-16-28-23)18-8-14-24(20-29)32-25(30)26(31,22-11-5-6-12-22)21-9-3-2-4-10-21/h2-4,9-10,15-16,19,22,24,31H,5-8,11-14,17-18,20H2,1H3/q+1/t24-,26?,29?/m1/s1. The van der Waals surface area contributed by atoms with Gasteiger partial charge in [-0.3, -0.25) is 9.97 Å². The molecule has 2 aromatic rings. The minimum Gasteiger partial charge on any atom is -0.454 e. The number of aromatic nitrogens is 2. The topological polar surface area (TPSA) is 72.3 Å². The normalized spacial score (nSPS) is 25.9. The van der Waals surface area contributed by atoms with Crippen LogP contribution in [0, 0.1) is 5.92 Å². The number of esters is 1. The lowest BCUT2D eigenvalue weighted by atomic mass is 9.80.